The number of carboxylic acids is 1. The molecule has 2 aromatic carbocycles. The number of ether oxygens (including phenoxy) is 1. The van der Waals surface area contributed by atoms with Gasteiger partial charge in [0.05, 0.1) is 11.6 Å². The summed E-state index contributed by atoms with van der Waals surface area (Å²) in [6.45, 7) is 7.50. The summed E-state index contributed by atoms with van der Waals surface area (Å²) in [5.41, 5.74) is 5.64. The van der Waals surface area contributed by atoms with Crippen LogP contribution in [0.4, 0.5) is 5.13 Å². The van der Waals surface area contributed by atoms with Crippen molar-refractivity contribution in [1.82, 2.24) is 9.88 Å². The van der Waals surface area contributed by atoms with Gasteiger partial charge in [-0.05, 0) is 92.7 Å². The van der Waals surface area contributed by atoms with Gasteiger partial charge in [-0.2, -0.15) is 0 Å². The number of carbonyl (C=O) groups is 2. The number of hydrogen-bond acceptors (Lipinski definition) is 7. The maximum Gasteiger partial charge on any atom is 0.307 e. The monoisotopic (exact) mass is 589 g/mol. The summed E-state index contributed by atoms with van der Waals surface area (Å²) in [6, 6.07) is 11.9. The van der Waals surface area contributed by atoms with Crippen molar-refractivity contribution < 1.29 is 24.5 Å². The van der Waals surface area contributed by atoms with Crippen LogP contribution in [-0.4, -0.2) is 64.8 Å². The van der Waals surface area contributed by atoms with E-state index in [1.54, 1.807) is 11.3 Å². The van der Waals surface area contributed by atoms with Gasteiger partial charge in [-0.15, -0.1) is 11.3 Å². The van der Waals surface area contributed by atoms with Gasteiger partial charge in [0, 0.05) is 49.3 Å². The average Bonchev–Trinajstić information content (AvgIpc) is 3.59. The van der Waals surface area contributed by atoms with Gasteiger partial charge >= 0.3 is 5.97 Å². The van der Waals surface area contributed by atoms with Crippen LogP contribution in [0.5, 0.6) is 5.75 Å². The molecule has 9 heteroatoms. The van der Waals surface area contributed by atoms with Crippen LogP contribution < -0.4 is 9.64 Å². The molecule has 0 radical (unpaired) electrons. The first-order chi connectivity index (χ1) is 20.3. The summed E-state index contributed by atoms with van der Waals surface area (Å²) in [4.78, 5) is 34.0. The molecule has 6 rings (SSSR count). The highest BCUT2D eigenvalue weighted by Gasteiger charge is 2.46. The Morgan fingerprint density at radius 2 is 1.76 bits per heavy atom. The van der Waals surface area contributed by atoms with Crippen molar-refractivity contribution in [2.24, 2.45) is 23.7 Å². The molecule has 3 fully saturated rings. The number of anilines is 1. The van der Waals surface area contributed by atoms with E-state index in [0.29, 0.717) is 31.2 Å². The third-order valence-corrected chi connectivity index (χ3v) is 10.3. The zero-order valence-corrected chi connectivity index (χ0v) is 25.1. The number of rotatable bonds is 8. The van der Waals surface area contributed by atoms with Crippen LogP contribution in [0.3, 0.4) is 0 Å². The number of nitrogens with zero attached hydrogens (tertiary/aromatic N) is 3. The van der Waals surface area contributed by atoms with Crippen LogP contribution in [0, 0.1) is 37.5 Å². The van der Waals surface area contributed by atoms with E-state index in [9.17, 15) is 19.8 Å². The summed E-state index contributed by atoms with van der Waals surface area (Å²) >= 11 is 1.60. The number of likely N-dealkylation sites (tertiary alicyclic amines) is 1. The van der Waals surface area contributed by atoms with E-state index in [2.05, 4.69) is 23.3 Å². The fourth-order valence-electron chi connectivity index (χ4n) is 6.93. The fourth-order valence-corrected chi connectivity index (χ4v) is 7.78. The molecule has 1 saturated carbocycles. The maximum atomic E-state index is 13.1. The Hall–Kier alpha value is -3.43. The topological polar surface area (TPSA) is 103 Å². The lowest BCUT2D eigenvalue weighted by Gasteiger charge is -2.35. The van der Waals surface area contributed by atoms with Crippen LogP contribution in [0.1, 0.15) is 52.7 Å². The molecule has 0 unspecified atom stereocenters. The highest BCUT2D eigenvalue weighted by atomic mass is 32.1. The van der Waals surface area contributed by atoms with Gasteiger partial charge in [0.1, 0.15) is 12.4 Å². The first-order valence-corrected chi connectivity index (χ1v) is 15.9. The molecule has 3 aromatic rings. The van der Waals surface area contributed by atoms with Crippen molar-refractivity contribution in [3.8, 4) is 17.0 Å². The van der Waals surface area contributed by atoms with Crippen LogP contribution >= 0.6 is 11.3 Å². The Labute approximate surface area is 251 Å². The van der Waals surface area contributed by atoms with E-state index in [0.717, 1.165) is 77.6 Å². The highest BCUT2D eigenvalue weighted by Crippen LogP contribution is 2.44. The van der Waals surface area contributed by atoms with Gasteiger partial charge in [-0.25, -0.2) is 4.98 Å². The minimum atomic E-state index is -0.654. The SMILES string of the molecule is Cc1ccc(OCc2ccc(C(=O)N3CCC(CO)CC3)cc2C)c(-c2csc(N3C[C@H]4CC[C@H](C3)C4C(=O)O)n2)c1. The first-order valence-electron chi connectivity index (χ1n) is 15.0. The smallest absolute Gasteiger partial charge is 0.307 e. The number of aryl methyl sites for hydroxylation is 2. The maximum absolute atomic E-state index is 13.1. The highest BCUT2D eigenvalue weighted by molar-refractivity contribution is 7.14. The number of benzene rings is 2. The van der Waals surface area contributed by atoms with Gasteiger partial charge in [0.15, 0.2) is 5.13 Å². The van der Waals surface area contributed by atoms with Gasteiger partial charge in [-0.3, -0.25) is 9.59 Å². The molecule has 3 heterocycles. The molecule has 0 spiro atoms. The lowest BCUT2D eigenvalue weighted by atomic mass is 9.85. The predicted molar refractivity (Wildman–Crippen MR) is 163 cm³/mol. The van der Waals surface area contributed by atoms with Crippen molar-refractivity contribution in [2.75, 3.05) is 37.7 Å². The number of aliphatic hydroxyl groups is 1. The summed E-state index contributed by atoms with van der Waals surface area (Å²) < 4.78 is 6.36. The van der Waals surface area contributed by atoms with Crippen molar-refractivity contribution in [1.29, 1.82) is 0 Å². The Morgan fingerprint density at radius 3 is 2.43 bits per heavy atom. The Bertz CT molecular complexity index is 1450. The molecule has 3 aliphatic rings. The van der Waals surface area contributed by atoms with Gasteiger partial charge < -0.3 is 24.7 Å². The minimum absolute atomic E-state index is 0.0438. The van der Waals surface area contributed by atoms with Crippen LogP contribution in [0.25, 0.3) is 11.3 Å². The Morgan fingerprint density at radius 1 is 1.02 bits per heavy atom. The molecule has 2 aliphatic heterocycles. The van der Waals surface area contributed by atoms with Gasteiger partial charge in [0.2, 0.25) is 0 Å². The van der Waals surface area contributed by atoms with E-state index in [4.69, 9.17) is 9.72 Å². The van der Waals surface area contributed by atoms with Crippen molar-refractivity contribution >= 4 is 28.3 Å². The number of fused-ring (bicyclic) bond motifs is 2. The molecule has 42 heavy (non-hydrogen) atoms. The number of amides is 1. The molecule has 2 atom stereocenters. The van der Waals surface area contributed by atoms with Crippen LogP contribution in [0.2, 0.25) is 0 Å². The number of piperidine rings is 2. The Balaban J connectivity index is 1.14. The van der Waals surface area contributed by atoms with Crippen molar-refractivity contribution in [3.05, 3.63) is 64.0 Å². The zero-order valence-electron chi connectivity index (χ0n) is 24.3. The molecule has 1 amide bonds. The van der Waals surface area contributed by atoms with Crippen LogP contribution in [-0.2, 0) is 11.4 Å². The van der Waals surface area contributed by atoms with E-state index in [1.807, 2.05) is 42.2 Å². The number of aliphatic carboxylic acids is 1. The lowest BCUT2D eigenvalue weighted by Crippen LogP contribution is -2.44. The third-order valence-electron chi connectivity index (χ3n) is 9.43. The normalized spacial score (nSPS) is 22.4. The molecule has 2 bridgehead atoms. The second-order valence-electron chi connectivity index (χ2n) is 12.2. The Kier molecular flexibility index (Phi) is 8.23. The number of hydrogen-bond donors (Lipinski definition) is 2. The summed E-state index contributed by atoms with van der Waals surface area (Å²) in [7, 11) is 0. The number of carbonyl (C=O) groups excluding carboxylic acids is 1. The van der Waals surface area contributed by atoms with Crippen LogP contribution in [0.15, 0.2) is 41.8 Å². The number of aromatic nitrogens is 1. The summed E-state index contributed by atoms with van der Waals surface area (Å²) in [6.07, 6.45) is 3.64. The summed E-state index contributed by atoms with van der Waals surface area (Å²) in [5.74, 6) is 0.598. The molecular weight excluding hydrogens is 550 g/mol. The molecule has 2 saturated heterocycles. The second kappa shape index (κ2) is 12.1. The molecule has 8 nitrogen and oxygen atoms in total. The first kappa shape index (κ1) is 28.7. The van der Waals surface area contributed by atoms with Crippen molar-refractivity contribution in [3.63, 3.8) is 0 Å². The molecule has 1 aromatic heterocycles. The molecule has 2 N–H and O–H groups in total. The van der Waals surface area contributed by atoms with Gasteiger partial charge in [-0.1, -0.05) is 17.7 Å². The third kappa shape index (κ3) is 5.77. The fraction of sp³-hybridized carbons (Fsp3) is 0.485. The van der Waals surface area contributed by atoms with E-state index in [1.165, 1.54) is 0 Å². The zero-order chi connectivity index (χ0) is 29.4. The van der Waals surface area contributed by atoms with E-state index >= 15 is 0 Å². The number of thiazole rings is 1. The standard InChI is InChI=1S/C33H39N3O5S/c1-20-3-8-29(41-18-26-7-4-23(14-21(26)2)31(38)35-11-9-22(17-37)10-12-35)27(13-20)28-19-42-33(34-28)36-15-24-5-6-25(16-36)30(24)32(39)40/h3-4,7-8,13-14,19,22,24-25,30,37H,5-6,9-12,15-18H2,1-2H3,(H,39,40)/t24-,25-/m1/s1. The molecular formula is C33H39N3O5S. The molecule has 222 valence electrons. The average molecular weight is 590 g/mol. The predicted octanol–water partition coefficient (Wildman–Crippen LogP) is 5.40. The molecule has 1 aliphatic carbocycles. The quantitative estimate of drug-likeness (QED) is 0.363. The largest absolute Gasteiger partial charge is 0.488 e. The van der Waals surface area contributed by atoms with E-state index in [-0.39, 0.29) is 30.3 Å². The summed E-state index contributed by atoms with van der Waals surface area (Å²) in [5, 5.41) is 22.1. The minimum Gasteiger partial charge on any atom is -0.488 e. The lowest BCUT2D eigenvalue weighted by molar-refractivity contribution is -0.144. The second-order valence-corrected chi connectivity index (χ2v) is 13.1. The van der Waals surface area contributed by atoms with E-state index < -0.39 is 5.97 Å². The number of aliphatic hydroxyl groups excluding tert-OH is 1. The van der Waals surface area contributed by atoms with Gasteiger partial charge in [0.25, 0.3) is 5.91 Å². The number of carboxylic acid groups (broad SMARTS) is 1. The van der Waals surface area contributed by atoms with Crippen molar-refractivity contribution in [2.45, 2.75) is 46.1 Å².